The van der Waals surface area contributed by atoms with Crippen LogP contribution in [0.25, 0.3) is 0 Å². The van der Waals surface area contributed by atoms with Gasteiger partial charge in [-0.25, -0.2) is 0 Å². The molecule has 0 radical (unpaired) electrons. The maximum absolute atomic E-state index is 6.05. The molecule has 0 aliphatic heterocycles. The molecule has 1 aromatic rings. The van der Waals surface area contributed by atoms with Crippen LogP contribution in [-0.4, -0.2) is 25.1 Å². The topological polar surface area (TPSA) is 12.5 Å². The molecular formula is C11H15Cl2NO. The largest absolute Gasteiger partial charge is 0.495 e. The summed E-state index contributed by atoms with van der Waals surface area (Å²) < 4.78 is 5.14. The number of nitrogens with zero attached hydrogens (tertiary/aromatic N) is 1. The molecule has 1 aromatic carbocycles. The van der Waals surface area contributed by atoms with Crippen LogP contribution in [-0.2, 0) is 6.54 Å². The Labute approximate surface area is 101 Å². The maximum Gasteiger partial charge on any atom is 0.137 e. The molecule has 0 saturated heterocycles. The number of alkyl halides is 1. The Morgan fingerprint density at radius 2 is 2.07 bits per heavy atom. The van der Waals surface area contributed by atoms with E-state index in [-0.39, 0.29) is 0 Å². The number of ether oxygens (including phenoxy) is 1. The van der Waals surface area contributed by atoms with Gasteiger partial charge in [-0.2, -0.15) is 0 Å². The van der Waals surface area contributed by atoms with Crippen LogP contribution in [0.1, 0.15) is 11.1 Å². The lowest BCUT2D eigenvalue weighted by Gasteiger charge is -2.16. The first kappa shape index (κ1) is 12.6. The summed E-state index contributed by atoms with van der Waals surface area (Å²) in [5, 5.41) is 0.640. The highest BCUT2D eigenvalue weighted by atomic mass is 35.5. The minimum Gasteiger partial charge on any atom is -0.495 e. The van der Waals surface area contributed by atoms with Crippen LogP contribution in [0.2, 0.25) is 5.02 Å². The molecule has 0 heterocycles. The first-order chi connectivity index (χ1) is 7.08. The Balaban J connectivity index is 2.95. The SMILES string of the molecule is COc1cc(C)c(CN(C)CCl)cc1Cl. The summed E-state index contributed by atoms with van der Waals surface area (Å²) in [6.07, 6.45) is 0. The van der Waals surface area contributed by atoms with Gasteiger partial charge in [-0.3, -0.25) is 4.90 Å². The summed E-state index contributed by atoms with van der Waals surface area (Å²) in [4.78, 5) is 2.01. The summed E-state index contributed by atoms with van der Waals surface area (Å²) in [5.74, 6) is 0.714. The van der Waals surface area contributed by atoms with Crippen LogP contribution in [0.5, 0.6) is 5.75 Å². The van der Waals surface area contributed by atoms with Crippen molar-refractivity contribution in [3.8, 4) is 5.75 Å². The zero-order chi connectivity index (χ0) is 11.4. The molecule has 0 saturated carbocycles. The molecular weight excluding hydrogens is 233 g/mol. The van der Waals surface area contributed by atoms with Crippen LogP contribution in [0.15, 0.2) is 12.1 Å². The first-order valence-electron chi connectivity index (χ1n) is 4.66. The van der Waals surface area contributed by atoms with Gasteiger partial charge in [0.1, 0.15) is 5.75 Å². The third-order valence-corrected chi connectivity index (χ3v) is 2.96. The summed E-state index contributed by atoms with van der Waals surface area (Å²) in [7, 11) is 3.58. The van der Waals surface area contributed by atoms with E-state index < -0.39 is 0 Å². The van der Waals surface area contributed by atoms with Gasteiger partial charge < -0.3 is 4.74 Å². The van der Waals surface area contributed by atoms with E-state index in [9.17, 15) is 0 Å². The molecule has 0 aromatic heterocycles. The van der Waals surface area contributed by atoms with Gasteiger partial charge in [0.2, 0.25) is 0 Å². The molecule has 1 rings (SSSR count). The van der Waals surface area contributed by atoms with E-state index >= 15 is 0 Å². The van der Waals surface area contributed by atoms with Gasteiger partial charge >= 0.3 is 0 Å². The zero-order valence-electron chi connectivity index (χ0n) is 9.18. The highest BCUT2D eigenvalue weighted by Crippen LogP contribution is 2.28. The van der Waals surface area contributed by atoms with E-state index in [0.717, 1.165) is 12.1 Å². The Morgan fingerprint density at radius 1 is 1.40 bits per heavy atom. The number of aryl methyl sites for hydroxylation is 1. The molecule has 0 atom stereocenters. The van der Waals surface area contributed by atoms with E-state index in [1.165, 1.54) is 5.56 Å². The first-order valence-corrected chi connectivity index (χ1v) is 5.57. The molecule has 0 fully saturated rings. The van der Waals surface area contributed by atoms with Gasteiger partial charge in [0, 0.05) is 6.54 Å². The quantitative estimate of drug-likeness (QED) is 0.598. The van der Waals surface area contributed by atoms with E-state index in [0.29, 0.717) is 16.8 Å². The molecule has 15 heavy (non-hydrogen) atoms. The normalized spacial score (nSPS) is 10.8. The molecule has 0 unspecified atom stereocenters. The van der Waals surface area contributed by atoms with Crippen LogP contribution in [0.3, 0.4) is 0 Å². The molecule has 2 nitrogen and oxygen atoms in total. The molecule has 0 amide bonds. The van der Waals surface area contributed by atoms with E-state index in [2.05, 4.69) is 0 Å². The van der Waals surface area contributed by atoms with E-state index in [4.69, 9.17) is 27.9 Å². The van der Waals surface area contributed by atoms with E-state index in [1.807, 2.05) is 31.0 Å². The molecule has 0 spiro atoms. The van der Waals surface area contributed by atoms with Crippen molar-refractivity contribution in [2.75, 3.05) is 20.2 Å². The van der Waals surface area contributed by atoms with Crippen molar-refractivity contribution in [1.29, 1.82) is 0 Å². The molecule has 0 aliphatic carbocycles. The summed E-state index contributed by atoms with van der Waals surface area (Å²) in [6, 6.07) is 4.38. The molecule has 0 bridgehead atoms. The van der Waals surface area contributed by atoms with Gasteiger partial charge in [0.15, 0.2) is 0 Å². The minimum atomic E-state index is 0.503. The second kappa shape index (κ2) is 5.59. The van der Waals surface area contributed by atoms with Gasteiger partial charge in [0.05, 0.1) is 18.1 Å². The zero-order valence-corrected chi connectivity index (χ0v) is 10.7. The third kappa shape index (κ3) is 3.26. The number of rotatable bonds is 4. The Morgan fingerprint density at radius 3 is 2.60 bits per heavy atom. The number of benzene rings is 1. The Kier molecular flexibility index (Phi) is 4.71. The van der Waals surface area contributed by atoms with Crippen molar-refractivity contribution < 1.29 is 4.74 Å². The number of halogens is 2. The molecule has 84 valence electrons. The lowest BCUT2D eigenvalue weighted by molar-refractivity contribution is 0.380. The fourth-order valence-electron chi connectivity index (χ4n) is 1.36. The maximum atomic E-state index is 6.05. The summed E-state index contributed by atoms with van der Waals surface area (Å²) in [6.45, 7) is 2.83. The Hall–Kier alpha value is -0.440. The predicted octanol–water partition coefficient (Wildman–Crippen LogP) is 3.29. The van der Waals surface area contributed by atoms with E-state index in [1.54, 1.807) is 7.11 Å². The third-order valence-electron chi connectivity index (χ3n) is 2.25. The van der Waals surface area contributed by atoms with Crippen molar-refractivity contribution in [2.24, 2.45) is 0 Å². The van der Waals surface area contributed by atoms with Crippen LogP contribution in [0, 0.1) is 6.92 Å². The fraction of sp³-hybridized carbons (Fsp3) is 0.455. The standard InChI is InChI=1S/C11H15Cl2NO/c1-8-4-11(15-3)10(13)5-9(8)6-14(2)7-12/h4-5H,6-7H2,1-3H3. The fourth-order valence-corrected chi connectivity index (χ4v) is 1.70. The van der Waals surface area contributed by atoms with Gasteiger partial charge in [0.25, 0.3) is 0 Å². The molecule has 4 heteroatoms. The predicted molar refractivity (Wildman–Crippen MR) is 64.9 cm³/mol. The average Bonchev–Trinajstić information content (AvgIpc) is 2.22. The van der Waals surface area contributed by atoms with Crippen molar-refractivity contribution in [2.45, 2.75) is 13.5 Å². The highest BCUT2D eigenvalue weighted by molar-refractivity contribution is 6.32. The Bertz CT molecular complexity index is 342. The highest BCUT2D eigenvalue weighted by Gasteiger charge is 2.07. The second-order valence-corrected chi connectivity index (χ2v) is 4.19. The molecule has 0 aliphatic rings. The summed E-state index contributed by atoms with van der Waals surface area (Å²) >= 11 is 11.8. The van der Waals surface area contributed by atoms with Crippen molar-refractivity contribution in [3.63, 3.8) is 0 Å². The average molecular weight is 248 g/mol. The van der Waals surface area contributed by atoms with Crippen LogP contribution >= 0.6 is 23.2 Å². The second-order valence-electron chi connectivity index (χ2n) is 3.55. The van der Waals surface area contributed by atoms with Gasteiger partial charge in [-0.05, 0) is 37.2 Å². The number of hydrogen-bond donors (Lipinski definition) is 0. The smallest absolute Gasteiger partial charge is 0.137 e. The van der Waals surface area contributed by atoms with Crippen LogP contribution < -0.4 is 4.74 Å². The van der Waals surface area contributed by atoms with Crippen molar-refractivity contribution in [3.05, 3.63) is 28.3 Å². The molecule has 0 N–H and O–H groups in total. The monoisotopic (exact) mass is 247 g/mol. The van der Waals surface area contributed by atoms with Crippen molar-refractivity contribution in [1.82, 2.24) is 4.90 Å². The minimum absolute atomic E-state index is 0.503. The van der Waals surface area contributed by atoms with Gasteiger partial charge in [-0.15, -0.1) is 11.6 Å². The number of hydrogen-bond acceptors (Lipinski definition) is 2. The van der Waals surface area contributed by atoms with Crippen LogP contribution in [0.4, 0.5) is 0 Å². The lowest BCUT2D eigenvalue weighted by Crippen LogP contribution is -2.16. The summed E-state index contributed by atoms with van der Waals surface area (Å²) in [5.41, 5.74) is 2.33. The van der Waals surface area contributed by atoms with Crippen molar-refractivity contribution >= 4 is 23.2 Å². The number of methoxy groups -OCH3 is 1. The van der Waals surface area contributed by atoms with Gasteiger partial charge in [-0.1, -0.05) is 11.6 Å². The lowest BCUT2D eigenvalue weighted by atomic mass is 10.1.